The van der Waals surface area contributed by atoms with E-state index in [-0.39, 0.29) is 24.9 Å². The van der Waals surface area contributed by atoms with Gasteiger partial charge in [0.05, 0.1) is 18.1 Å². The standard InChI is InChI=1S/C25H24N2O3/c1-17(2)24(25(29)30-16-19-12-10-18(15-26)11-13-19)27-23(28)14-21-8-5-7-20-6-3-4-9-22(20)21/h3-13,17,24H,14,16H2,1-2H3,(H,27,28)/t24-/m1/s1. The Morgan fingerprint density at radius 2 is 1.70 bits per heavy atom. The van der Waals surface area contributed by atoms with Crippen LogP contribution in [0.4, 0.5) is 0 Å². The molecule has 3 rings (SSSR count). The highest BCUT2D eigenvalue weighted by Crippen LogP contribution is 2.19. The van der Waals surface area contributed by atoms with Crippen LogP contribution < -0.4 is 5.32 Å². The number of nitriles is 1. The Morgan fingerprint density at radius 3 is 2.40 bits per heavy atom. The number of ether oxygens (including phenoxy) is 1. The molecular formula is C25H24N2O3. The van der Waals surface area contributed by atoms with Crippen molar-refractivity contribution in [2.75, 3.05) is 0 Å². The molecule has 0 saturated heterocycles. The van der Waals surface area contributed by atoms with Crippen molar-refractivity contribution >= 4 is 22.6 Å². The first-order valence-corrected chi connectivity index (χ1v) is 9.89. The molecule has 0 saturated carbocycles. The molecule has 1 amide bonds. The number of amides is 1. The molecule has 5 heteroatoms. The van der Waals surface area contributed by atoms with E-state index in [1.807, 2.05) is 62.4 Å². The number of carbonyl (C=O) groups is 2. The van der Waals surface area contributed by atoms with E-state index >= 15 is 0 Å². The van der Waals surface area contributed by atoms with Crippen molar-refractivity contribution in [3.05, 3.63) is 83.4 Å². The average Bonchev–Trinajstić information content (AvgIpc) is 2.76. The SMILES string of the molecule is CC(C)[C@@H](NC(=O)Cc1cccc2ccccc12)C(=O)OCc1ccc(C#N)cc1. The van der Waals surface area contributed by atoms with E-state index in [0.29, 0.717) is 5.56 Å². The summed E-state index contributed by atoms with van der Waals surface area (Å²) >= 11 is 0. The van der Waals surface area contributed by atoms with E-state index in [1.165, 1.54) is 0 Å². The first-order chi connectivity index (χ1) is 14.5. The molecule has 0 aromatic heterocycles. The average molecular weight is 400 g/mol. The molecule has 3 aromatic rings. The monoisotopic (exact) mass is 400 g/mol. The van der Waals surface area contributed by atoms with Crippen LogP contribution in [0, 0.1) is 17.2 Å². The zero-order chi connectivity index (χ0) is 21.5. The largest absolute Gasteiger partial charge is 0.459 e. The number of hydrogen-bond acceptors (Lipinski definition) is 4. The summed E-state index contributed by atoms with van der Waals surface area (Å²) in [6.07, 6.45) is 0.188. The Morgan fingerprint density at radius 1 is 1.00 bits per heavy atom. The van der Waals surface area contributed by atoms with Gasteiger partial charge in [-0.3, -0.25) is 4.79 Å². The highest BCUT2D eigenvalue weighted by Gasteiger charge is 2.26. The molecule has 3 aromatic carbocycles. The van der Waals surface area contributed by atoms with Crippen molar-refractivity contribution < 1.29 is 14.3 Å². The molecule has 1 N–H and O–H groups in total. The lowest BCUT2D eigenvalue weighted by Gasteiger charge is -2.21. The summed E-state index contributed by atoms with van der Waals surface area (Å²) in [5.74, 6) is -0.809. The lowest BCUT2D eigenvalue weighted by atomic mass is 10.0. The quantitative estimate of drug-likeness (QED) is 0.605. The Balaban J connectivity index is 1.63. The summed E-state index contributed by atoms with van der Waals surface area (Å²) in [6, 6.07) is 21.9. The fourth-order valence-corrected chi connectivity index (χ4v) is 3.26. The predicted octanol–water partition coefficient (Wildman–Crippen LogP) is 4.14. The number of fused-ring (bicyclic) bond motifs is 1. The molecule has 0 unspecified atom stereocenters. The lowest BCUT2D eigenvalue weighted by molar-refractivity contribution is -0.150. The minimum Gasteiger partial charge on any atom is -0.459 e. The van der Waals surface area contributed by atoms with E-state index < -0.39 is 12.0 Å². The van der Waals surface area contributed by atoms with E-state index in [9.17, 15) is 9.59 Å². The fourth-order valence-electron chi connectivity index (χ4n) is 3.26. The van der Waals surface area contributed by atoms with Crippen molar-refractivity contribution in [2.24, 2.45) is 5.92 Å². The summed E-state index contributed by atoms with van der Waals surface area (Å²) in [7, 11) is 0. The number of nitrogens with one attached hydrogen (secondary N) is 1. The van der Waals surface area contributed by atoms with Crippen LogP contribution in [0.1, 0.15) is 30.5 Å². The van der Waals surface area contributed by atoms with Gasteiger partial charge in [-0.25, -0.2) is 4.79 Å². The number of hydrogen-bond donors (Lipinski definition) is 1. The molecule has 0 aliphatic carbocycles. The zero-order valence-electron chi connectivity index (χ0n) is 17.1. The van der Waals surface area contributed by atoms with E-state index in [1.54, 1.807) is 24.3 Å². The fraction of sp³-hybridized carbons (Fsp3) is 0.240. The lowest BCUT2D eigenvalue weighted by Crippen LogP contribution is -2.45. The van der Waals surface area contributed by atoms with Crippen LogP contribution in [0.3, 0.4) is 0 Å². The summed E-state index contributed by atoms with van der Waals surface area (Å²) < 4.78 is 5.41. The van der Waals surface area contributed by atoms with Crippen LogP contribution in [0.2, 0.25) is 0 Å². The van der Waals surface area contributed by atoms with Gasteiger partial charge in [0.25, 0.3) is 0 Å². The van der Waals surface area contributed by atoms with Crippen LogP contribution in [-0.4, -0.2) is 17.9 Å². The third-order valence-electron chi connectivity index (χ3n) is 4.93. The van der Waals surface area contributed by atoms with Gasteiger partial charge in [0.2, 0.25) is 5.91 Å². The van der Waals surface area contributed by atoms with Crippen molar-refractivity contribution in [2.45, 2.75) is 32.9 Å². The minimum atomic E-state index is -0.731. The number of nitrogens with zero attached hydrogens (tertiary/aromatic N) is 1. The van der Waals surface area contributed by atoms with Crippen LogP contribution in [0.5, 0.6) is 0 Å². The number of benzene rings is 3. The molecular weight excluding hydrogens is 376 g/mol. The van der Waals surface area contributed by atoms with Crippen LogP contribution >= 0.6 is 0 Å². The Hall–Kier alpha value is -3.65. The molecule has 5 nitrogen and oxygen atoms in total. The summed E-state index contributed by atoms with van der Waals surface area (Å²) in [6.45, 7) is 3.82. The maximum Gasteiger partial charge on any atom is 0.329 e. The van der Waals surface area contributed by atoms with Gasteiger partial charge in [-0.05, 0) is 39.9 Å². The highest BCUT2D eigenvalue weighted by atomic mass is 16.5. The zero-order valence-corrected chi connectivity index (χ0v) is 17.1. The smallest absolute Gasteiger partial charge is 0.329 e. The second kappa shape index (κ2) is 9.71. The third kappa shape index (κ3) is 5.24. The Bertz CT molecular complexity index is 1080. The topological polar surface area (TPSA) is 79.2 Å². The normalized spacial score (nSPS) is 11.7. The van der Waals surface area contributed by atoms with E-state index in [0.717, 1.165) is 21.9 Å². The van der Waals surface area contributed by atoms with Gasteiger partial charge in [-0.15, -0.1) is 0 Å². The Kier molecular flexibility index (Phi) is 6.82. The molecule has 152 valence electrons. The second-order valence-electron chi connectivity index (χ2n) is 7.52. The summed E-state index contributed by atoms with van der Waals surface area (Å²) in [4.78, 5) is 25.3. The summed E-state index contributed by atoms with van der Waals surface area (Å²) in [5, 5.41) is 13.8. The van der Waals surface area contributed by atoms with Crippen LogP contribution in [0.15, 0.2) is 66.7 Å². The first-order valence-electron chi connectivity index (χ1n) is 9.89. The van der Waals surface area contributed by atoms with Crippen molar-refractivity contribution in [3.63, 3.8) is 0 Å². The number of rotatable bonds is 7. The third-order valence-corrected chi connectivity index (χ3v) is 4.93. The van der Waals surface area contributed by atoms with E-state index in [2.05, 4.69) is 5.32 Å². The molecule has 0 radical (unpaired) electrons. The maximum atomic E-state index is 12.7. The molecule has 0 fully saturated rings. The van der Waals surface area contributed by atoms with Gasteiger partial charge < -0.3 is 10.1 Å². The molecule has 30 heavy (non-hydrogen) atoms. The highest BCUT2D eigenvalue weighted by molar-refractivity contribution is 5.91. The van der Waals surface area contributed by atoms with Gasteiger partial charge in [-0.2, -0.15) is 5.26 Å². The second-order valence-corrected chi connectivity index (χ2v) is 7.52. The van der Waals surface area contributed by atoms with Gasteiger partial charge >= 0.3 is 5.97 Å². The van der Waals surface area contributed by atoms with E-state index in [4.69, 9.17) is 10.00 Å². The maximum absolute atomic E-state index is 12.7. The minimum absolute atomic E-state index is 0.0902. The van der Waals surface area contributed by atoms with Crippen LogP contribution in [0.25, 0.3) is 10.8 Å². The van der Waals surface area contributed by atoms with Crippen LogP contribution in [-0.2, 0) is 27.4 Å². The molecule has 0 spiro atoms. The molecule has 0 bridgehead atoms. The van der Waals surface area contributed by atoms with Gasteiger partial charge in [0.15, 0.2) is 0 Å². The van der Waals surface area contributed by atoms with Gasteiger partial charge in [0, 0.05) is 0 Å². The molecule has 1 atom stereocenters. The first kappa shape index (κ1) is 21.1. The van der Waals surface area contributed by atoms with Crippen molar-refractivity contribution in [1.82, 2.24) is 5.32 Å². The van der Waals surface area contributed by atoms with Gasteiger partial charge in [-0.1, -0.05) is 68.4 Å². The molecule has 0 aliphatic rings. The number of carbonyl (C=O) groups excluding carboxylic acids is 2. The Labute approximate surface area is 176 Å². The van der Waals surface area contributed by atoms with Crippen molar-refractivity contribution in [1.29, 1.82) is 5.26 Å². The summed E-state index contributed by atoms with van der Waals surface area (Å²) in [5.41, 5.74) is 2.25. The predicted molar refractivity (Wildman–Crippen MR) is 115 cm³/mol. The molecule has 0 aliphatic heterocycles. The van der Waals surface area contributed by atoms with Crippen molar-refractivity contribution in [3.8, 4) is 6.07 Å². The van der Waals surface area contributed by atoms with Gasteiger partial charge in [0.1, 0.15) is 12.6 Å². The molecule has 0 heterocycles. The number of esters is 1.